The van der Waals surface area contributed by atoms with Crippen LogP contribution in [0, 0.1) is 18.3 Å². The molecule has 5 heteroatoms. The van der Waals surface area contributed by atoms with E-state index in [2.05, 4.69) is 15.9 Å². The van der Waals surface area contributed by atoms with Crippen LogP contribution in [0.3, 0.4) is 0 Å². The molecular formula is C13H11BrN2O2. The van der Waals surface area contributed by atoms with Gasteiger partial charge in [-0.25, -0.2) is 0 Å². The Balaban J connectivity index is 2.74. The summed E-state index contributed by atoms with van der Waals surface area (Å²) in [6.07, 6.45) is 0. The van der Waals surface area contributed by atoms with Gasteiger partial charge in [0.25, 0.3) is 5.91 Å². The van der Waals surface area contributed by atoms with Gasteiger partial charge in [0.15, 0.2) is 0 Å². The third-order valence-electron chi connectivity index (χ3n) is 2.75. The van der Waals surface area contributed by atoms with Crippen molar-refractivity contribution in [2.75, 3.05) is 14.1 Å². The number of carbonyl (C=O) groups is 1. The Morgan fingerprint density at radius 1 is 1.44 bits per heavy atom. The Hall–Kier alpha value is -1.80. The molecule has 2 aromatic rings. The van der Waals surface area contributed by atoms with Crippen LogP contribution >= 0.6 is 15.9 Å². The lowest BCUT2D eigenvalue weighted by atomic mass is 10.1. The van der Waals surface area contributed by atoms with Crippen molar-refractivity contribution in [1.29, 1.82) is 5.26 Å². The van der Waals surface area contributed by atoms with Crippen LogP contribution in [0.15, 0.2) is 21.0 Å². The van der Waals surface area contributed by atoms with Gasteiger partial charge < -0.3 is 9.32 Å². The van der Waals surface area contributed by atoms with E-state index in [1.54, 1.807) is 26.2 Å². The molecule has 0 atom stereocenters. The molecule has 0 saturated carbocycles. The van der Waals surface area contributed by atoms with E-state index in [1.807, 2.05) is 13.0 Å². The summed E-state index contributed by atoms with van der Waals surface area (Å²) in [5.74, 6) is 0.143. The normalized spacial score (nSPS) is 10.4. The molecule has 1 heterocycles. The second kappa shape index (κ2) is 4.46. The average Bonchev–Trinajstić information content (AvgIpc) is 2.76. The lowest BCUT2D eigenvalue weighted by Gasteiger charge is -2.13. The molecule has 0 aliphatic heterocycles. The van der Waals surface area contributed by atoms with Gasteiger partial charge in [0, 0.05) is 35.6 Å². The van der Waals surface area contributed by atoms with Crippen molar-refractivity contribution in [3.63, 3.8) is 0 Å². The van der Waals surface area contributed by atoms with Gasteiger partial charge in [-0.15, -0.1) is 0 Å². The zero-order chi connectivity index (χ0) is 13.4. The number of furan rings is 1. The van der Waals surface area contributed by atoms with Crippen LogP contribution in [0.5, 0.6) is 0 Å². The zero-order valence-corrected chi connectivity index (χ0v) is 11.8. The first-order valence-electron chi connectivity index (χ1n) is 5.30. The van der Waals surface area contributed by atoms with Crippen molar-refractivity contribution < 1.29 is 9.21 Å². The van der Waals surface area contributed by atoms with E-state index in [0.29, 0.717) is 11.1 Å². The first-order chi connectivity index (χ1) is 8.45. The summed E-state index contributed by atoms with van der Waals surface area (Å²) in [7, 11) is 3.39. The van der Waals surface area contributed by atoms with Gasteiger partial charge in [-0.3, -0.25) is 4.79 Å². The molecule has 0 aliphatic carbocycles. The van der Waals surface area contributed by atoms with Gasteiger partial charge in [-0.05, 0) is 34.5 Å². The number of benzene rings is 1. The fourth-order valence-electron chi connectivity index (χ4n) is 1.76. The molecule has 2 rings (SSSR count). The predicted molar refractivity (Wildman–Crippen MR) is 71.4 cm³/mol. The van der Waals surface area contributed by atoms with Crippen molar-refractivity contribution in [3.05, 3.63) is 33.5 Å². The summed E-state index contributed by atoms with van der Waals surface area (Å²) in [5.41, 5.74) is 1.94. The molecule has 92 valence electrons. The lowest BCUT2D eigenvalue weighted by Crippen LogP contribution is -2.22. The third-order valence-corrected chi connectivity index (χ3v) is 3.77. The van der Waals surface area contributed by atoms with Gasteiger partial charge in [0.05, 0.1) is 0 Å². The summed E-state index contributed by atoms with van der Waals surface area (Å²) in [5, 5.41) is 9.64. The SMILES string of the molecule is Cc1c(C(=O)N(C)C)cc2oc(C#N)cc2c1Br. The monoisotopic (exact) mass is 306 g/mol. The molecule has 0 N–H and O–H groups in total. The molecule has 0 radical (unpaired) electrons. The number of rotatable bonds is 1. The van der Waals surface area contributed by atoms with Crippen molar-refractivity contribution in [3.8, 4) is 6.07 Å². The minimum atomic E-state index is -0.0926. The minimum absolute atomic E-state index is 0.0926. The fraction of sp³-hybridized carbons (Fsp3) is 0.231. The lowest BCUT2D eigenvalue weighted by molar-refractivity contribution is 0.0827. The van der Waals surface area contributed by atoms with Crippen molar-refractivity contribution in [2.45, 2.75) is 6.92 Å². The van der Waals surface area contributed by atoms with Crippen LogP contribution in [-0.4, -0.2) is 24.9 Å². The highest BCUT2D eigenvalue weighted by Gasteiger charge is 2.18. The largest absolute Gasteiger partial charge is 0.446 e. The number of carbonyl (C=O) groups excluding carboxylic acids is 1. The summed E-state index contributed by atoms with van der Waals surface area (Å²) in [4.78, 5) is 13.5. The average molecular weight is 307 g/mol. The smallest absolute Gasteiger partial charge is 0.253 e. The topological polar surface area (TPSA) is 57.2 Å². The van der Waals surface area contributed by atoms with Crippen LogP contribution in [0.25, 0.3) is 11.0 Å². The molecule has 0 aliphatic rings. The van der Waals surface area contributed by atoms with Crippen LogP contribution in [-0.2, 0) is 0 Å². The highest BCUT2D eigenvalue weighted by atomic mass is 79.9. The highest BCUT2D eigenvalue weighted by molar-refractivity contribution is 9.10. The van der Waals surface area contributed by atoms with Crippen molar-refractivity contribution >= 4 is 32.8 Å². The van der Waals surface area contributed by atoms with Crippen molar-refractivity contribution in [1.82, 2.24) is 4.90 Å². The maximum Gasteiger partial charge on any atom is 0.253 e. The predicted octanol–water partition coefficient (Wildman–Crippen LogP) is 3.08. The number of fused-ring (bicyclic) bond motifs is 1. The maximum absolute atomic E-state index is 12.0. The molecular weight excluding hydrogens is 296 g/mol. The first kappa shape index (κ1) is 12.7. The van der Waals surface area contributed by atoms with Gasteiger partial charge >= 0.3 is 0 Å². The van der Waals surface area contributed by atoms with Crippen LogP contribution in [0.2, 0.25) is 0 Å². The molecule has 0 fully saturated rings. The number of hydrogen-bond acceptors (Lipinski definition) is 3. The van der Waals surface area contributed by atoms with Gasteiger partial charge in [-0.1, -0.05) is 0 Å². The summed E-state index contributed by atoms with van der Waals surface area (Å²) >= 11 is 3.45. The zero-order valence-electron chi connectivity index (χ0n) is 10.2. The Bertz CT molecular complexity index is 680. The van der Waals surface area contributed by atoms with Crippen LogP contribution < -0.4 is 0 Å². The molecule has 4 nitrogen and oxygen atoms in total. The van der Waals surface area contributed by atoms with E-state index in [-0.39, 0.29) is 11.7 Å². The standard InChI is InChI=1S/C13H11BrN2O2/c1-7-9(13(17)16(2)3)5-11-10(12(7)14)4-8(6-15)18-11/h4-5H,1-3H3. The quantitative estimate of drug-likeness (QED) is 0.813. The minimum Gasteiger partial charge on any atom is -0.446 e. The Kier molecular flexibility index (Phi) is 3.14. The maximum atomic E-state index is 12.0. The molecule has 0 saturated heterocycles. The number of nitrogens with zero attached hydrogens (tertiary/aromatic N) is 2. The summed E-state index contributed by atoms with van der Waals surface area (Å²) in [6.45, 7) is 1.86. The van der Waals surface area contributed by atoms with Crippen LogP contribution in [0.4, 0.5) is 0 Å². The Morgan fingerprint density at radius 2 is 2.11 bits per heavy atom. The number of hydrogen-bond donors (Lipinski definition) is 0. The van der Waals surface area contributed by atoms with Gasteiger partial charge in [-0.2, -0.15) is 5.26 Å². The molecule has 1 amide bonds. The van der Waals surface area contributed by atoms with Crippen molar-refractivity contribution in [2.24, 2.45) is 0 Å². The third kappa shape index (κ3) is 1.89. The fourth-order valence-corrected chi connectivity index (χ4v) is 2.29. The first-order valence-corrected chi connectivity index (χ1v) is 6.09. The number of halogens is 1. The molecule has 1 aromatic carbocycles. The second-order valence-corrected chi connectivity index (χ2v) is 4.99. The van der Waals surface area contributed by atoms with Gasteiger partial charge in [0.2, 0.25) is 5.76 Å². The highest BCUT2D eigenvalue weighted by Crippen LogP contribution is 2.32. The summed E-state index contributed by atoms with van der Waals surface area (Å²) < 4.78 is 6.15. The Morgan fingerprint density at radius 3 is 2.67 bits per heavy atom. The summed E-state index contributed by atoms with van der Waals surface area (Å²) in [6, 6.07) is 5.29. The van der Waals surface area contributed by atoms with E-state index < -0.39 is 0 Å². The van der Waals surface area contributed by atoms with E-state index in [4.69, 9.17) is 9.68 Å². The molecule has 0 bridgehead atoms. The second-order valence-electron chi connectivity index (χ2n) is 4.20. The van der Waals surface area contributed by atoms with Gasteiger partial charge in [0.1, 0.15) is 11.7 Å². The van der Waals surface area contributed by atoms with E-state index in [9.17, 15) is 4.79 Å². The molecule has 1 aromatic heterocycles. The molecule has 0 spiro atoms. The van der Waals surface area contributed by atoms with Crippen LogP contribution in [0.1, 0.15) is 21.7 Å². The van der Waals surface area contributed by atoms with E-state index in [0.717, 1.165) is 15.4 Å². The molecule has 18 heavy (non-hydrogen) atoms. The Labute approximate surface area is 113 Å². The number of amides is 1. The van der Waals surface area contributed by atoms with E-state index >= 15 is 0 Å². The van der Waals surface area contributed by atoms with E-state index in [1.165, 1.54) is 4.90 Å². The number of nitriles is 1. The molecule has 0 unspecified atom stereocenters.